The number of nitrogens with one attached hydrogen (secondary N) is 2. The fourth-order valence-electron chi connectivity index (χ4n) is 2.63. The van der Waals surface area contributed by atoms with Gasteiger partial charge in [-0.25, -0.2) is 4.79 Å². The van der Waals surface area contributed by atoms with Crippen molar-refractivity contribution in [3.63, 3.8) is 0 Å². The van der Waals surface area contributed by atoms with Crippen LogP contribution in [0.5, 0.6) is 0 Å². The van der Waals surface area contributed by atoms with Gasteiger partial charge in [-0.15, -0.1) is 0 Å². The molecule has 8 nitrogen and oxygen atoms in total. The molecule has 140 valence electrons. The topological polar surface area (TPSA) is 105 Å². The van der Waals surface area contributed by atoms with Crippen LogP contribution in [0, 0.1) is 13.8 Å². The molecular weight excluding hydrogens is 338 g/mol. The summed E-state index contributed by atoms with van der Waals surface area (Å²) in [6.07, 6.45) is 0.631. The van der Waals surface area contributed by atoms with E-state index in [1.165, 1.54) is 11.9 Å². The zero-order chi connectivity index (χ0) is 19.3. The highest BCUT2D eigenvalue weighted by Gasteiger charge is 2.29. The number of nitrogens with zero attached hydrogens (tertiary/aromatic N) is 1. The van der Waals surface area contributed by atoms with E-state index < -0.39 is 24.5 Å². The number of hydrogen-bond acceptors (Lipinski definition) is 5. The molecule has 8 heteroatoms. The maximum absolute atomic E-state index is 12.2. The Hall–Kier alpha value is -2.90. The van der Waals surface area contributed by atoms with Crippen molar-refractivity contribution in [3.8, 4) is 0 Å². The summed E-state index contributed by atoms with van der Waals surface area (Å²) in [6, 6.07) is 4.97. The molecular formula is C18H23N3O5. The highest BCUT2D eigenvalue weighted by Crippen LogP contribution is 2.19. The average Bonchev–Trinajstić information content (AvgIpc) is 3.02. The molecule has 1 saturated heterocycles. The molecule has 0 aromatic heterocycles. The van der Waals surface area contributed by atoms with Crippen LogP contribution in [0.4, 0.5) is 5.69 Å². The molecule has 0 spiro atoms. The summed E-state index contributed by atoms with van der Waals surface area (Å²) in [7, 11) is 1.46. The molecule has 1 aliphatic rings. The minimum Gasteiger partial charge on any atom is -0.454 e. The number of anilines is 1. The van der Waals surface area contributed by atoms with Crippen LogP contribution in [0.25, 0.3) is 0 Å². The van der Waals surface area contributed by atoms with Crippen LogP contribution in [0.15, 0.2) is 18.2 Å². The summed E-state index contributed by atoms with van der Waals surface area (Å²) in [6.45, 7) is 3.14. The van der Waals surface area contributed by atoms with Gasteiger partial charge in [0.25, 0.3) is 5.91 Å². The highest BCUT2D eigenvalue weighted by atomic mass is 16.5. The third kappa shape index (κ3) is 5.05. The lowest BCUT2D eigenvalue weighted by molar-refractivity contribution is -0.153. The molecule has 3 amide bonds. The van der Waals surface area contributed by atoms with Gasteiger partial charge in [-0.05, 0) is 31.4 Å². The molecule has 0 aliphatic carbocycles. The third-order valence-corrected chi connectivity index (χ3v) is 4.17. The molecule has 26 heavy (non-hydrogen) atoms. The molecule has 1 fully saturated rings. The molecule has 0 unspecified atom stereocenters. The monoisotopic (exact) mass is 361 g/mol. The van der Waals surface area contributed by atoms with Crippen molar-refractivity contribution >= 4 is 29.4 Å². The number of aryl methyl sites for hydroxylation is 2. The number of para-hydroxylation sites is 1. The predicted octanol–water partition coefficient (Wildman–Crippen LogP) is 0.522. The number of benzene rings is 1. The lowest BCUT2D eigenvalue weighted by Crippen LogP contribution is -2.40. The van der Waals surface area contributed by atoms with Gasteiger partial charge < -0.3 is 20.3 Å². The van der Waals surface area contributed by atoms with E-state index in [9.17, 15) is 19.2 Å². The molecule has 1 aromatic rings. The number of rotatable bonds is 6. The Balaban J connectivity index is 1.80. The highest BCUT2D eigenvalue weighted by molar-refractivity contribution is 5.96. The number of amides is 3. The number of esters is 1. The van der Waals surface area contributed by atoms with Crippen LogP contribution in [0.3, 0.4) is 0 Å². The fourth-order valence-corrected chi connectivity index (χ4v) is 2.63. The first-order valence-corrected chi connectivity index (χ1v) is 8.34. The summed E-state index contributed by atoms with van der Waals surface area (Å²) in [5.41, 5.74) is 2.58. The molecule has 1 heterocycles. The van der Waals surface area contributed by atoms with Crippen molar-refractivity contribution in [2.24, 2.45) is 0 Å². The van der Waals surface area contributed by atoms with Crippen LogP contribution in [-0.4, -0.2) is 54.8 Å². The Morgan fingerprint density at radius 3 is 2.50 bits per heavy atom. The van der Waals surface area contributed by atoms with E-state index in [1.54, 1.807) is 0 Å². The minimum atomic E-state index is -0.701. The Morgan fingerprint density at radius 2 is 1.92 bits per heavy atom. The molecule has 1 atom stereocenters. The number of hydrogen-bond donors (Lipinski definition) is 2. The Bertz CT molecular complexity index is 711. The Morgan fingerprint density at radius 1 is 1.27 bits per heavy atom. The van der Waals surface area contributed by atoms with Crippen molar-refractivity contribution in [3.05, 3.63) is 29.3 Å². The number of carbonyl (C=O) groups excluding carboxylic acids is 4. The largest absolute Gasteiger partial charge is 0.454 e. The number of likely N-dealkylation sites (N-methyl/N-ethyl adjacent to an activating group) is 1. The van der Waals surface area contributed by atoms with Gasteiger partial charge >= 0.3 is 5.97 Å². The first-order valence-electron chi connectivity index (χ1n) is 8.34. The van der Waals surface area contributed by atoms with Gasteiger partial charge in [-0.1, -0.05) is 18.2 Å². The molecule has 0 radical (unpaired) electrons. The normalized spacial score (nSPS) is 16.0. The van der Waals surface area contributed by atoms with E-state index >= 15 is 0 Å². The second-order valence-corrected chi connectivity index (χ2v) is 6.33. The van der Waals surface area contributed by atoms with Crippen molar-refractivity contribution in [2.45, 2.75) is 32.7 Å². The second kappa shape index (κ2) is 8.46. The van der Waals surface area contributed by atoms with E-state index in [2.05, 4.69) is 10.6 Å². The lowest BCUT2D eigenvalue weighted by atomic mass is 10.1. The van der Waals surface area contributed by atoms with Crippen molar-refractivity contribution in [1.82, 2.24) is 10.2 Å². The summed E-state index contributed by atoms with van der Waals surface area (Å²) in [5.74, 6) is -1.69. The maximum atomic E-state index is 12.2. The smallest absolute Gasteiger partial charge is 0.329 e. The second-order valence-electron chi connectivity index (χ2n) is 6.33. The molecule has 2 rings (SSSR count). The van der Waals surface area contributed by atoms with Gasteiger partial charge in [0.15, 0.2) is 6.61 Å². The molecule has 0 saturated carbocycles. The van der Waals surface area contributed by atoms with E-state index in [0.717, 1.165) is 16.8 Å². The first kappa shape index (κ1) is 19.4. The molecule has 2 N–H and O–H groups in total. The van der Waals surface area contributed by atoms with Crippen LogP contribution < -0.4 is 10.6 Å². The minimum absolute atomic E-state index is 0.162. The van der Waals surface area contributed by atoms with Gasteiger partial charge in [0.1, 0.15) is 6.04 Å². The number of ether oxygens (including phenoxy) is 1. The third-order valence-electron chi connectivity index (χ3n) is 4.17. The summed E-state index contributed by atoms with van der Waals surface area (Å²) >= 11 is 0. The standard InChI is InChI=1S/C18H23N3O5/c1-11-5-4-6-12(2)17(11)20-15(23)9-21(3)16(24)10-26-18(25)13-7-8-14(22)19-13/h4-6,13H,7-10H2,1-3H3,(H,19,22)(H,20,23)/t13-/m0/s1. The Kier molecular flexibility index (Phi) is 6.32. The van der Waals surface area contributed by atoms with Gasteiger partial charge in [-0.3, -0.25) is 14.4 Å². The van der Waals surface area contributed by atoms with Gasteiger partial charge in [0.05, 0.1) is 6.54 Å². The SMILES string of the molecule is Cc1cccc(C)c1NC(=O)CN(C)C(=O)COC(=O)[C@@H]1CCC(=O)N1. The van der Waals surface area contributed by atoms with Gasteiger partial charge in [-0.2, -0.15) is 0 Å². The van der Waals surface area contributed by atoms with Gasteiger partial charge in [0, 0.05) is 19.2 Å². The summed E-state index contributed by atoms with van der Waals surface area (Å²) in [4.78, 5) is 48.2. The van der Waals surface area contributed by atoms with E-state index in [4.69, 9.17) is 4.74 Å². The summed E-state index contributed by atoms with van der Waals surface area (Å²) in [5, 5.41) is 5.26. The van der Waals surface area contributed by atoms with Crippen molar-refractivity contribution in [1.29, 1.82) is 0 Å². The zero-order valence-corrected chi connectivity index (χ0v) is 15.1. The predicted molar refractivity (Wildman–Crippen MR) is 94.3 cm³/mol. The molecule has 0 bridgehead atoms. The van der Waals surface area contributed by atoms with E-state index in [1.807, 2.05) is 32.0 Å². The summed E-state index contributed by atoms with van der Waals surface area (Å²) < 4.78 is 4.92. The van der Waals surface area contributed by atoms with Crippen LogP contribution >= 0.6 is 0 Å². The maximum Gasteiger partial charge on any atom is 0.329 e. The van der Waals surface area contributed by atoms with Gasteiger partial charge in [0.2, 0.25) is 11.8 Å². The van der Waals surface area contributed by atoms with E-state index in [0.29, 0.717) is 6.42 Å². The number of carbonyl (C=O) groups is 4. The molecule has 1 aromatic carbocycles. The van der Waals surface area contributed by atoms with Crippen LogP contribution in [0.2, 0.25) is 0 Å². The average molecular weight is 361 g/mol. The zero-order valence-electron chi connectivity index (χ0n) is 15.1. The van der Waals surface area contributed by atoms with Crippen LogP contribution in [0.1, 0.15) is 24.0 Å². The fraction of sp³-hybridized carbons (Fsp3) is 0.444. The lowest BCUT2D eigenvalue weighted by Gasteiger charge is -2.18. The van der Waals surface area contributed by atoms with Crippen LogP contribution in [-0.2, 0) is 23.9 Å². The van der Waals surface area contributed by atoms with Crippen molar-refractivity contribution < 1.29 is 23.9 Å². The van der Waals surface area contributed by atoms with E-state index in [-0.39, 0.29) is 24.8 Å². The Labute approximate surface area is 151 Å². The quantitative estimate of drug-likeness (QED) is 0.719. The first-order chi connectivity index (χ1) is 12.3. The van der Waals surface area contributed by atoms with Crippen molar-refractivity contribution in [2.75, 3.05) is 25.5 Å². The molecule has 1 aliphatic heterocycles.